The number of hydrogen-bond donors (Lipinski definition) is 1. The number of nitrogens with zero attached hydrogens (tertiary/aromatic N) is 4. The number of hydrogen-bond acceptors (Lipinski definition) is 10. The number of carbonyl (C=O) groups is 1. The average Bonchev–Trinajstić information content (AvgIpc) is 3.35. The van der Waals surface area contributed by atoms with Gasteiger partial charge in [-0.15, -0.1) is 10.2 Å². The van der Waals surface area contributed by atoms with Gasteiger partial charge in [0.1, 0.15) is 11.6 Å². The van der Waals surface area contributed by atoms with Crippen LogP contribution in [-0.4, -0.2) is 33.1 Å². The molecule has 1 N–H and O–H groups in total. The zero-order valence-corrected chi connectivity index (χ0v) is 18.9. The van der Waals surface area contributed by atoms with Crippen LogP contribution in [0.5, 0.6) is 5.75 Å². The highest BCUT2D eigenvalue weighted by Gasteiger charge is 2.20. The zero-order chi connectivity index (χ0) is 24.8. The van der Waals surface area contributed by atoms with E-state index in [-0.39, 0.29) is 21.8 Å². The second-order valence-corrected chi connectivity index (χ2v) is 7.81. The van der Waals surface area contributed by atoms with Crippen LogP contribution in [0, 0.1) is 15.9 Å². The van der Waals surface area contributed by atoms with Crippen LogP contribution >= 0.6 is 11.8 Å². The maximum atomic E-state index is 13.2. The van der Waals surface area contributed by atoms with Crippen molar-refractivity contribution < 1.29 is 23.3 Å². The van der Waals surface area contributed by atoms with Crippen LogP contribution < -0.4 is 10.2 Å². The van der Waals surface area contributed by atoms with Gasteiger partial charge in [-0.3, -0.25) is 20.3 Å². The molecule has 3 aromatic carbocycles. The van der Waals surface area contributed by atoms with Crippen molar-refractivity contribution in [2.75, 3.05) is 12.5 Å². The van der Waals surface area contributed by atoms with Gasteiger partial charge in [0.15, 0.2) is 5.04 Å². The summed E-state index contributed by atoms with van der Waals surface area (Å²) in [5.41, 5.74) is 3.90. The van der Waals surface area contributed by atoms with E-state index in [1.54, 1.807) is 24.3 Å². The lowest BCUT2D eigenvalue weighted by Gasteiger charge is -2.06. The van der Waals surface area contributed by atoms with Crippen LogP contribution in [0.1, 0.15) is 10.4 Å². The molecule has 1 heterocycles. The molecule has 4 aromatic rings. The van der Waals surface area contributed by atoms with Crippen molar-refractivity contribution in [1.82, 2.24) is 10.2 Å². The third kappa shape index (κ3) is 5.86. The number of methoxy groups -OCH3 is 1. The number of nitro benzene ring substituents is 1. The smallest absolute Gasteiger partial charge is 0.283 e. The maximum absolute atomic E-state index is 13.2. The van der Waals surface area contributed by atoms with E-state index in [4.69, 9.17) is 9.15 Å². The van der Waals surface area contributed by atoms with Crippen LogP contribution in [-0.2, 0) is 0 Å². The molecular formula is C23H16FN5O5S. The van der Waals surface area contributed by atoms with E-state index in [9.17, 15) is 19.3 Å². The van der Waals surface area contributed by atoms with Gasteiger partial charge in [0.25, 0.3) is 10.9 Å². The van der Waals surface area contributed by atoms with Crippen molar-refractivity contribution in [2.24, 2.45) is 5.10 Å². The van der Waals surface area contributed by atoms with Gasteiger partial charge in [0.2, 0.25) is 11.7 Å². The number of carbonyl (C=O) groups excluding carboxylic acids is 1. The van der Waals surface area contributed by atoms with Crippen LogP contribution in [0.25, 0.3) is 11.5 Å². The molecule has 0 aliphatic heterocycles. The Balaban J connectivity index is 1.60. The number of hydrazone groups is 1. The Kier molecular flexibility index (Phi) is 7.12. The van der Waals surface area contributed by atoms with E-state index in [0.29, 0.717) is 22.6 Å². The van der Waals surface area contributed by atoms with E-state index in [2.05, 4.69) is 20.7 Å². The minimum absolute atomic E-state index is 0.0252. The lowest BCUT2D eigenvalue weighted by Crippen LogP contribution is -2.13. The fourth-order valence-corrected chi connectivity index (χ4v) is 3.47. The Labute approximate surface area is 202 Å². The Morgan fingerprint density at radius 2 is 1.74 bits per heavy atom. The summed E-state index contributed by atoms with van der Waals surface area (Å²) in [6.45, 7) is 0. The van der Waals surface area contributed by atoms with Gasteiger partial charge in [-0.25, -0.2) is 4.39 Å². The molecule has 0 saturated carbocycles. The van der Waals surface area contributed by atoms with Crippen molar-refractivity contribution in [3.63, 3.8) is 0 Å². The van der Waals surface area contributed by atoms with Crippen LogP contribution in [0.3, 0.4) is 0 Å². The monoisotopic (exact) mass is 493 g/mol. The SMILES string of the molecule is COc1ccc(C(=O)/C(=N\Nc2ccc([N+](=O)[O-])cc2)Sc2nnc(-c3ccc(F)cc3)o2)cc1. The Bertz CT molecular complexity index is 1370. The van der Waals surface area contributed by atoms with Gasteiger partial charge >= 0.3 is 0 Å². The second kappa shape index (κ2) is 10.6. The summed E-state index contributed by atoms with van der Waals surface area (Å²) in [6, 6.07) is 17.5. The maximum Gasteiger partial charge on any atom is 0.283 e. The summed E-state index contributed by atoms with van der Waals surface area (Å²) in [7, 11) is 1.52. The molecule has 0 unspecified atom stereocenters. The zero-order valence-electron chi connectivity index (χ0n) is 18.0. The minimum Gasteiger partial charge on any atom is -0.497 e. The molecule has 0 atom stereocenters. The van der Waals surface area contributed by atoms with E-state index in [1.165, 1.54) is 55.6 Å². The number of non-ortho nitro benzene ring substituents is 1. The molecule has 0 radical (unpaired) electrons. The van der Waals surface area contributed by atoms with Gasteiger partial charge < -0.3 is 9.15 Å². The number of halogens is 1. The lowest BCUT2D eigenvalue weighted by atomic mass is 10.1. The van der Waals surface area contributed by atoms with Gasteiger partial charge in [-0.05, 0) is 72.4 Å². The normalized spacial score (nSPS) is 11.2. The first kappa shape index (κ1) is 23.6. The summed E-state index contributed by atoms with van der Waals surface area (Å²) in [6.07, 6.45) is 0. The quantitative estimate of drug-likeness (QED) is 0.0878. The predicted octanol–water partition coefficient (Wildman–Crippen LogP) is 5.19. The van der Waals surface area contributed by atoms with E-state index in [0.717, 1.165) is 11.8 Å². The number of rotatable bonds is 8. The first-order chi connectivity index (χ1) is 16.9. The Morgan fingerprint density at radius 3 is 2.37 bits per heavy atom. The number of benzene rings is 3. The molecule has 0 amide bonds. The molecule has 0 saturated heterocycles. The highest BCUT2D eigenvalue weighted by Crippen LogP contribution is 2.26. The molecule has 0 bridgehead atoms. The molecule has 176 valence electrons. The van der Waals surface area contributed by atoms with Gasteiger partial charge in [-0.2, -0.15) is 5.10 Å². The molecule has 0 fully saturated rings. The van der Waals surface area contributed by atoms with E-state index < -0.39 is 16.5 Å². The van der Waals surface area contributed by atoms with Crippen molar-refractivity contribution in [3.05, 3.63) is 94.3 Å². The van der Waals surface area contributed by atoms with Crippen molar-refractivity contribution in [2.45, 2.75) is 5.22 Å². The summed E-state index contributed by atoms with van der Waals surface area (Å²) in [5.74, 6) is -0.113. The number of thioether (sulfide) groups is 1. The van der Waals surface area contributed by atoms with Crippen LogP contribution in [0.2, 0.25) is 0 Å². The Hall–Kier alpha value is -4.58. The molecule has 35 heavy (non-hydrogen) atoms. The third-order valence-electron chi connectivity index (χ3n) is 4.59. The summed E-state index contributed by atoms with van der Waals surface area (Å²) < 4.78 is 23.9. The summed E-state index contributed by atoms with van der Waals surface area (Å²) in [4.78, 5) is 23.5. The average molecular weight is 493 g/mol. The largest absolute Gasteiger partial charge is 0.497 e. The number of ketones is 1. The van der Waals surface area contributed by atoms with Gasteiger partial charge in [0.05, 0.1) is 17.7 Å². The van der Waals surface area contributed by atoms with E-state index >= 15 is 0 Å². The standard InChI is InChI=1S/C23H16FN5O5S/c1-33-19-12-4-14(5-13-19)20(30)22(27-25-17-8-10-18(11-9-17)29(31)32)35-23-28-26-21(34-23)15-2-6-16(24)7-3-15/h2-13,25H,1H3/b27-22+. The summed E-state index contributed by atoms with van der Waals surface area (Å²) >= 11 is 0.832. The molecule has 0 spiro atoms. The molecule has 4 rings (SSSR count). The van der Waals surface area contributed by atoms with Crippen molar-refractivity contribution >= 4 is 34.0 Å². The Morgan fingerprint density at radius 1 is 1.06 bits per heavy atom. The first-order valence-corrected chi connectivity index (χ1v) is 10.8. The molecule has 12 heteroatoms. The van der Waals surface area contributed by atoms with E-state index in [1.807, 2.05) is 0 Å². The first-order valence-electron chi connectivity index (χ1n) is 9.97. The number of aromatic nitrogens is 2. The molecule has 1 aromatic heterocycles. The molecule has 0 aliphatic rings. The van der Waals surface area contributed by atoms with Gasteiger partial charge in [0, 0.05) is 23.3 Å². The topological polar surface area (TPSA) is 133 Å². The lowest BCUT2D eigenvalue weighted by molar-refractivity contribution is -0.384. The molecule has 0 aliphatic carbocycles. The number of nitrogens with one attached hydrogen (secondary N) is 1. The third-order valence-corrected chi connectivity index (χ3v) is 5.40. The number of ether oxygens (including phenoxy) is 1. The summed E-state index contributed by atoms with van der Waals surface area (Å²) in [5, 5.41) is 22.9. The minimum atomic E-state index is -0.518. The van der Waals surface area contributed by atoms with Crippen molar-refractivity contribution in [1.29, 1.82) is 0 Å². The molecular weight excluding hydrogens is 477 g/mol. The number of nitro groups is 1. The molecule has 10 nitrogen and oxygen atoms in total. The predicted molar refractivity (Wildman–Crippen MR) is 127 cm³/mol. The number of anilines is 1. The fourth-order valence-electron chi connectivity index (χ4n) is 2.80. The highest BCUT2D eigenvalue weighted by molar-refractivity contribution is 8.15. The second-order valence-electron chi connectivity index (χ2n) is 6.87. The van der Waals surface area contributed by atoms with Crippen LogP contribution in [0.4, 0.5) is 15.8 Å². The fraction of sp³-hybridized carbons (Fsp3) is 0.0435. The van der Waals surface area contributed by atoms with Crippen LogP contribution in [0.15, 0.2) is 87.5 Å². The number of Topliss-reactive ketones (excluding diaryl/α,β-unsaturated/α-hetero) is 1. The highest BCUT2D eigenvalue weighted by atomic mass is 32.2. The van der Waals surface area contributed by atoms with Crippen molar-refractivity contribution in [3.8, 4) is 17.2 Å². The van der Waals surface area contributed by atoms with Gasteiger partial charge in [-0.1, -0.05) is 0 Å².